The molecule has 1 aromatic heterocycles. The normalized spacial score (nSPS) is 14.9. The lowest BCUT2D eigenvalue weighted by atomic mass is 10.2. The van der Waals surface area contributed by atoms with Crippen LogP contribution >= 0.6 is 15.9 Å². The number of rotatable bonds is 5. The molecule has 1 aromatic carbocycles. The van der Waals surface area contributed by atoms with E-state index >= 15 is 0 Å². The van der Waals surface area contributed by atoms with Crippen LogP contribution in [0.4, 0.5) is 17.3 Å². The van der Waals surface area contributed by atoms with Crippen molar-refractivity contribution in [3.8, 4) is 0 Å². The summed E-state index contributed by atoms with van der Waals surface area (Å²) >= 11 is 3.36. The smallest absolute Gasteiger partial charge is 0.270 e. The first kappa shape index (κ1) is 18.4. The molecule has 1 aliphatic rings. The van der Waals surface area contributed by atoms with Crippen molar-refractivity contribution < 1.29 is 4.79 Å². The van der Waals surface area contributed by atoms with Gasteiger partial charge in [-0.1, -0.05) is 19.1 Å². The van der Waals surface area contributed by atoms with Crippen LogP contribution in [0.15, 0.2) is 35.1 Å². The number of carbonyl (C=O) groups excluding carboxylic acids is 1. The number of carbonyl (C=O) groups is 1. The molecule has 26 heavy (non-hydrogen) atoms. The molecule has 0 atom stereocenters. The van der Waals surface area contributed by atoms with Crippen molar-refractivity contribution in [2.45, 2.75) is 6.92 Å². The molecule has 1 aliphatic heterocycles. The van der Waals surface area contributed by atoms with Crippen LogP contribution in [0.3, 0.4) is 0 Å². The fraction of sp³-hybridized carbons (Fsp3) is 0.353. The number of benzene rings is 1. The van der Waals surface area contributed by atoms with Crippen molar-refractivity contribution in [2.75, 3.05) is 48.8 Å². The van der Waals surface area contributed by atoms with Crippen LogP contribution in [-0.2, 0) is 0 Å². The molecule has 2 heterocycles. The van der Waals surface area contributed by atoms with Crippen LogP contribution in [0.2, 0.25) is 0 Å². The lowest BCUT2D eigenvalue weighted by Crippen LogP contribution is -2.46. The summed E-state index contributed by atoms with van der Waals surface area (Å²) in [6.07, 6.45) is 1.45. The van der Waals surface area contributed by atoms with Gasteiger partial charge in [0, 0.05) is 30.7 Å². The summed E-state index contributed by atoms with van der Waals surface area (Å²) in [5.41, 5.74) is 12.6. The van der Waals surface area contributed by atoms with Crippen LogP contribution in [0, 0.1) is 0 Å². The highest BCUT2D eigenvalue weighted by atomic mass is 79.9. The highest BCUT2D eigenvalue weighted by Crippen LogP contribution is 2.26. The second kappa shape index (κ2) is 8.33. The topological polar surface area (TPSA) is 99.4 Å². The number of hydrogen-bond acceptors (Lipinski definition) is 7. The Morgan fingerprint density at radius 2 is 1.96 bits per heavy atom. The van der Waals surface area contributed by atoms with Crippen LogP contribution in [0.25, 0.3) is 0 Å². The lowest BCUT2D eigenvalue weighted by molar-refractivity contribution is 0.0962. The number of amides is 1. The largest absolute Gasteiger partial charge is 0.393 e. The Hall–Kier alpha value is -2.39. The van der Waals surface area contributed by atoms with E-state index in [-0.39, 0.29) is 5.91 Å². The van der Waals surface area contributed by atoms with Crippen molar-refractivity contribution in [1.82, 2.24) is 20.3 Å². The number of hydrogen-bond donors (Lipinski definition) is 3. The number of nitrogens with two attached hydrogens (primary N) is 1. The third kappa shape index (κ3) is 4.05. The number of piperazine rings is 1. The van der Waals surface area contributed by atoms with Gasteiger partial charge in [0.1, 0.15) is 12.0 Å². The van der Waals surface area contributed by atoms with Crippen molar-refractivity contribution in [3.05, 3.63) is 40.6 Å². The molecule has 1 fully saturated rings. The van der Waals surface area contributed by atoms with Gasteiger partial charge in [0.05, 0.1) is 5.56 Å². The third-order valence-corrected chi connectivity index (χ3v) is 5.09. The third-order valence-electron chi connectivity index (χ3n) is 4.39. The monoisotopic (exact) mass is 419 g/mol. The zero-order chi connectivity index (χ0) is 18.5. The molecule has 0 spiro atoms. The Bertz CT molecular complexity index is 777. The number of nitrogen functional groups attached to an aromatic ring is 1. The number of nitrogens with one attached hydrogen (secondary N) is 2. The van der Waals surface area contributed by atoms with Gasteiger partial charge >= 0.3 is 0 Å². The van der Waals surface area contributed by atoms with Gasteiger partial charge in [0.25, 0.3) is 5.91 Å². The molecule has 0 radical (unpaired) electrons. The van der Waals surface area contributed by atoms with Crippen molar-refractivity contribution in [2.24, 2.45) is 0 Å². The predicted octanol–water partition coefficient (Wildman–Crippen LogP) is 1.72. The molecule has 4 N–H and O–H groups in total. The second-order valence-corrected chi connectivity index (χ2v) is 6.79. The lowest BCUT2D eigenvalue weighted by Gasteiger charge is -2.35. The summed E-state index contributed by atoms with van der Waals surface area (Å²) in [6.45, 7) is 6.87. The minimum Gasteiger partial charge on any atom is -0.393 e. The Kier molecular flexibility index (Phi) is 5.89. The SMILES string of the molecule is CCN1CCN(c2ncnc(NNC(=O)c3ccccc3Br)c2N)CC1. The maximum atomic E-state index is 12.3. The van der Waals surface area contributed by atoms with Crippen LogP contribution in [-0.4, -0.2) is 53.5 Å². The first-order valence-corrected chi connectivity index (χ1v) is 9.28. The van der Waals surface area contributed by atoms with Crippen LogP contribution < -0.4 is 21.5 Å². The van der Waals surface area contributed by atoms with E-state index in [0.717, 1.165) is 32.7 Å². The number of halogens is 1. The summed E-state index contributed by atoms with van der Waals surface area (Å²) in [6, 6.07) is 7.18. The maximum Gasteiger partial charge on any atom is 0.270 e. The first-order chi connectivity index (χ1) is 12.6. The Balaban J connectivity index is 1.68. The molecule has 1 saturated heterocycles. The minimum atomic E-state index is -0.284. The molecule has 1 amide bonds. The van der Waals surface area contributed by atoms with E-state index in [2.05, 4.69) is 53.5 Å². The Morgan fingerprint density at radius 1 is 1.23 bits per heavy atom. The fourth-order valence-electron chi connectivity index (χ4n) is 2.84. The van der Waals surface area contributed by atoms with E-state index in [4.69, 9.17) is 5.73 Å². The zero-order valence-corrected chi connectivity index (χ0v) is 16.2. The molecule has 0 unspecified atom stereocenters. The fourth-order valence-corrected chi connectivity index (χ4v) is 3.31. The molecule has 138 valence electrons. The number of nitrogens with zero attached hydrogens (tertiary/aromatic N) is 4. The van der Waals surface area contributed by atoms with Gasteiger partial charge in [-0.2, -0.15) is 0 Å². The van der Waals surface area contributed by atoms with Crippen molar-refractivity contribution >= 4 is 39.2 Å². The number of aromatic nitrogens is 2. The first-order valence-electron chi connectivity index (χ1n) is 8.48. The van der Waals surface area contributed by atoms with Crippen LogP contribution in [0.5, 0.6) is 0 Å². The van der Waals surface area contributed by atoms with Gasteiger partial charge in [0.2, 0.25) is 0 Å². The summed E-state index contributed by atoms with van der Waals surface area (Å²) in [7, 11) is 0. The van der Waals surface area contributed by atoms with E-state index in [9.17, 15) is 4.79 Å². The van der Waals surface area contributed by atoms with E-state index in [1.165, 1.54) is 6.33 Å². The number of hydrazine groups is 1. The molecule has 3 rings (SSSR count). The molecular weight excluding hydrogens is 398 g/mol. The standard InChI is InChI=1S/C17H22BrN7O/c1-2-24-7-9-25(10-8-24)16-14(19)15(20-11-21-16)22-23-17(26)12-5-3-4-6-13(12)18/h3-6,11H,2,7-10,19H2,1H3,(H,23,26)(H,20,21,22). The van der Waals surface area contributed by atoms with Gasteiger partial charge in [-0.05, 0) is 34.6 Å². The van der Waals surface area contributed by atoms with Gasteiger partial charge in [-0.15, -0.1) is 0 Å². The summed E-state index contributed by atoms with van der Waals surface area (Å²) in [4.78, 5) is 25.3. The number of likely N-dealkylation sites (N-methyl/N-ethyl adjacent to an activating group) is 1. The van der Waals surface area contributed by atoms with E-state index in [0.29, 0.717) is 27.4 Å². The second-order valence-electron chi connectivity index (χ2n) is 5.94. The van der Waals surface area contributed by atoms with E-state index in [1.807, 2.05) is 12.1 Å². The molecule has 9 heteroatoms. The predicted molar refractivity (Wildman–Crippen MR) is 106 cm³/mol. The highest BCUT2D eigenvalue weighted by molar-refractivity contribution is 9.10. The molecule has 0 saturated carbocycles. The summed E-state index contributed by atoms with van der Waals surface area (Å²) < 4.78 is 0.712. The zero-order valence-electron chi connectivity index (χ0n) is 14.6. The highest BCUT2D eigenvalue weighted by Gasteiger charge is 2.20. The number of anilines is 3. The summed E-state index contributed by atoms with van der Waals surface area (Å²) in [5.74, 6) is 0.787. The Labute approximate surface area is 160 Å². The molecule has 0 bridgehead atoms. The van der Waals surface area contributed by atoms with E-state index < -0.39 is 0 Å². The Morgan fingerprint density at radius 3 is 2.65 bits per heavy atom. The van der Waals surface area contributed by atoms with Gasteiger partial charge in [-0.3, -0.25) is 15.6 Å². The van der Waals surface area contributed by atoms with E-state index in [1.54, 1.807) is 12.1 Å². The maximum absolute atomic E-state index is 12.3. The van der Waals surface area contributed by atoms with Gasteiger partial charge in [0.15, 0.2) is 11.6 Å². The van der Waals surface area contributed by atoms with Crippen molar-refractivity contribution in [1.29, 1.82) is 0 Å². The molecule has 0 aliphatic carbocycles. The molecule has 2 aromatic rings. The quantitative estimate of drug-likeness (QED) is 0.634. The van der Waals surface area contributed by atoms with Gasteiger partial charge < -0.3 is 15.5 Å². The minimum absolute atomic E-state index is 0.284. The average molecular weight is 420 g/mol. The molecule has 8 nitrogen and oxygen atoms in total. The average Bonchev–Trinajstić information content (AvgIpc) is 2.67. The molecular formula is C17H22BrN7O. The van der Waals surface area contributed by atoms with Gasteiger partial charge in [-0.25, -0.2) is 9.97 Å². The summed E-state index contributed by atoms with van der Waals surface area (Å²) in [5, 5.41) is 0. The van der Waals surface area contributed by atoms with Crippen molar-refractivity contribution in [3.63, 3.8) is 0 Å². The van der Waals surface area contributed by atoms with Crippen LogP contribution in [0.1, 0.15) is 17.3 Å².